The predicted molar refractivity (Wildman–Crippen MR) is 51.9 cm³/mol. The van der Waals surface area contributed by atoms with Crippen LogP contribution in [0.15, 0.2) is 24.3 Å². The molecule has 0 aliphatic carbocycles. The maximum absolute atomic E-state index is 2.12. The Morgan fingerprint density at radius 2 is 1.18 bits per heavy atom. The van der Waals surface area contributed by atoms with Crippen LogP contribution in [0.1, 0.15) is 31.4 Å². The van der Waals surface area contributed by atoms with Gasteiger partial charge in [-0.1, -0.05) is 44.5 Å². The summed E-state index contributed by atoms with van der Waals surface area (Å²) in [6, 6.07) is 8.36. The highest BCUT2D eigenvalue weighted by Crippen LogP contribution is 2.02. The Morgan fingerprint density at radius 1 is 0.909 bits per heavy atom. The van der Waals surface area contributed by atoms with E-state index in [1.165, 1.54) is 17.5 Å². The van der Waals surface area contributed by atoms with Crippen molar-refractivity contribution in [2.75, 3.05) is 0 Å². The van der Waals surface area contributed by atoms with Crippen molar-refractivity contribution in [3.05, 3.63) is 35.4 Å². The van der Waals surface area contributed by atoms with Gasteiger partial charge in [-0.3, -0.25) is 0 Å². The van der Waals surface area contributed by atoms with E-state index in [2.05, 4.69) is 52.0 Å². The third-order valence-electron chi connectivity index (χ3n) is 1.43. The van der Waals surface area contributed by atoms with Crippen LogP contribution in [0.25, 0.3) is 0 Å². The summed E-state index contributed by atoms with van der Waals surface area (Å²) in [4.78, 5) is 0. The molecule has 0 nitrogen and oxygen atoms in total. The Labute approximate surface area is 70.3 Å². The standard InChI is InChI=1S/C8H10.C3H8/c1-7-5-3-4-6-8(7)2;1-3-2/h3-6H,1-2H3;3H2,1-2H3. The third kappa shape index (κ3) is 4.60. The Kier molecular flexibility index (Phi) is 5.54. The van der Waals surface area contributed by atoms with Crippen LogP contribution in [0, 0.1) is 13.8 Å². The number of hydrogen-bond donors (Lipinski definition) is 0. The molecule has 1 aromatic rings. The van der Waals surface area contributed by atoms with Crippen LogP contribution in [0.3, 0.4) is 0 Å². The molecule has 0 saturated carbocycles. The van der Waals surface area contributed by atoms with E-state index < -0.39 is 0 Å². The van der Waals surface area contributed by atoms with Crippen LogP contribution >= 0.6 is 0 Å². The molecule has 0 fully saturated rings. The molecule has 0 aliphatic rings. The van der Waals surface area contributed by atoms with Gasteiger partial charge in [0.15, 0.2) is 0 Å². The van der Waals surface area contributed by atoms with Gasteiger partial charge < -0.3 is 0 Å². The van der Waals surface area contributed by atoms with Crippen molar-refractivity contribution in [1.82, 2.24) is 0 Å². The Morgan fingerprint density at radius 3 is 1.36 bits per heavy atom. The number of hydrogen-bond acceptors (Lipinski definition) is 0. The molecule has 0 aliphatic heterocycles. The Bertz CT molecular complexity index is 168. The summed E-state index contributed by atoms with van der Waals surface area (Å²) in [5, 5.41) is 0. The van der Waals surface area contributed by atoms with E-state index >= 15 is 0 Å². The zero-order valence-corrected chi connectivity index (χ0v) is 8.02. The van der Waals surface area contributed by atoms with Crippen molar-refractivity contribution in [1.29, 1.82) is 0 Å². The third-order valence-corrected chi connectivity index (χ3v) is 1.43. The highest BCUT2D eigenvalue weighted by molar-refractivity contribution is 5.23. The van der Waals surface area contributed by atoms with E-state index in [1.807, 2.05) is 0 Å². The van der Waals surface area contributed by atoms with Gasteiger partial charge in [-0.15, -0.1) is 0 Å². The molecular weight excluding hydrogens is 132 g/mol. The molecule has 0 saturated heterocycles. The maximum Gasteiger partial charge on any atom is -0.0395 e. The fourth-order valence-corrected chi connectivity index (χ4v) is 0.663. The van der Waals surface area contributed by atoms with E-state index in [9.17, 15) is 0 Å². The summed E-state index contributed by atoms with van der Waals surface area (Å²) >= 11 is 0. The van der Waals surface area contributed by atoms with E-state index in [0.29, 0.717) is 0 Å². The van der Waals surface area contributed by atoms with E-state index in [4.69, 9.17) is 0 Å². The zero-order valence-electron chi connectivity index (χ0n) is 8.02. The largest absolute Gasteiger partial charge is 0.0656 e. The second kappa shape index (κ2) is 5.96. The smallest absolute Gasteiger partial charge is 0.0395 e. The molecule has 1 aromatic carbocycles. The highest BCUT2D eigenvalue weighted by atomic mass is 13.9. The minimum atomic E-state index is 1.25. The summed E-state index contributed by atoms with van der Waals surface area (Å²) in [5.41, 5.74) is 2.74. The van der Waals surface area contributed by atoms with Gasteiger partial charge in [0.1, 0.15) is 0 Å². The molecule has 0 atom stereocenters. The van der Waals surface area contributed by atoms with Crippen LogP contribution in [-0.4, -0.2) is 0 Å². The van der Waals surface area contributed by atoms with Crippen molar-refractivity contribution in [3.8, 4) is 0 Å². The van der Waals surface area contributed by atoms with Crippen molar-refractivity contribution in [2.24, 2.45) is 0 Å². The fraction of sp³-hybridized carbons (Fsp3) is 0.455. The molecule has 0 radical (unpaired) electrons. The molecule has 0 amide bonds. The fourth-order valence-electron chi connectivity index (χ4n) is 0.663. The second-order valence-electron chi connectivity index (χ2n) is 2.79. The lowest BCUT2D eigenvalue weighted by Crippen LogP contribution is -1.74. The van der Waals surface area contributed by atoms with Gasteiger partial charge in [-0.2, -0.15) is 0 Å². The van der Waals surface area contributed by atoms with Gasteiger partial charge in [0.05, 0.1) is 0 Å². The summed E-state index contributed by atoms with van der Waals surface area (Å²) < 4.78 is 0. The minimum Gasteiger partial charge on any atom is -0.0656 e. The van der Waals surface area contributed by atoms with E-state index in [1.54, 1.807) is 0 Å². The summed E-state index contributed by atoms with van der Waals surface area (Å²) in [6.45, 7) is 8.49. The molecule has 0 heterocycles. The van der Waals surface area contributed by atoms with E-state index in [0.717, 1.165) is 0 Å². The molecule has 0 aromatic heterocycles. The first kappa shape index (κ1) is 10.2. The van der Waals surface area contributed by atoms with Gasteiger partial charge in [0.25, 0.3) is 0 Å². The molecule has 0 heteroatoms. The predicted octanol–water partition coefficient (Wildman–Crippen LogP) is 3.72. The number of rotatable bonds is 0. The minimum absolute atomic E-state index is 1.25. The lowest BCUT2D eigenvalue weighted by molar-refractivity contribution is 1.09. The van der Waals surface area contributed by atoms with Crippen molar-refractivity contribution in [3.63, 3.8) is 0 Å². The van der Waals surface area contributed by atoms with Gasteiger partial charge in [-0.05, 0) is 25.0 Å². The summed E-state index contributed by atoms with van der Waals surface area (Å²) in [6.07, 6.45) is 1.25. The summed E-state index contributed by atoms with van der Waals surface area (Å²) in [7, 11) is 0. The lowest BCUT2D eigenvalue weighted by Gasteiger charge is -1.93. The Hall–Kier alpha value is -0.780. The maximum atomic E-state index is 2.12. The van der Waals surface area contributed by atoms with Crippen molar-refractivity contribution < 1.29 is 0 Å². The second-order valence-corrected chi connectivity index (χ2v) is 2.79. The first-order valence-electron chi connectivity index (χ1n) is 4.24. The molecule has 62 valence electrons. The topological polar surface area (TPSA) is 0 Å². The average Bonchev–Trinajstić information content (AvgIpc) is 1.97. The first-order valence-corrected chi connectivity index (χ1v) is 4.24. The van der Waals surface area contributed by atoms with E-state index in [-0.39, 0.29) is 0 Å². The van der Waals surface area contributed by atoms with Crippen molar-refractivity contribution in [2.45, 2.75) is 34.1 Å². The number of aryl methyl sites for hydroxylation is 2. The quantitative estimate of drug-likeness (QED) is 0.528. The van der Waals surface area contributed by atoms with Crippen LogP contribution in [0.4, 0.5) is 0 Å². The van der Waals surface area contributed by atoms with Crippen LogP contribution < -0.4 is 0 Å². The van der Waals surface area contributed by atoms with Gasteiger partial charge in [0, 0.05) is 0 Å². The normalized spacial score (nSPS) is 8.36. The van der Waals surface area contributed by atoms with Gasteiger partial charge >= 0.3 is 0 Å². The van der Waals surface area contributed by atoms with Gasteiger partial charge in [-0.25, -0.2) is 0 Å². The first-order chi connectivity index (χ1) is 5.22. The molecular formula is C11H18. The number of benzene rings is 1. The molecule has 11 heavy (non-hydrogen) atoms. The van der Waals surface area contributed by atoms with Gasteiger partial charge in [0.2, 0.25) is 0 Å². The van der Waals surface area contributed by atoms with Crippen LogP contribution in [-0.2, 0) is 0 Å². The Balaban J connectivity index is 0.000000292. The molecule has 0 unspecified atom stereocenters. The molecule has 1 rings (SSSR count). The molecule has 0 bridgehead atoms. The summed E-state index contributed by atoms with van der Waals surface area (Å²) in [5.74, 6) is 0. The zero-order chi connectivity index (χ0) is 8.69. The SMILES string of the molecule is CCC.Cc1ccccc1C. The van der Waals surface area contributed by atoms with Crippen molar-refractivity contribution >= 4 is 0 Å². The van der Waals surface area contributed by atoms with Crippen LogP contribution in [0.2, 0.25) is 0 Å². The molecule has 0 spiro atoms. The van der Waals surface area contributed by atoms with Crippen LogP contribution in [0.5, 0.6) is 0 Å². The lowest BCUT2D eigenvalue weighted by atomic mass is 10.1. The average molecular weight is 150 g/mol. The highest BCUT2D eigenvalue weighted by Gasteiger charge is 1.83. The monoisotopic (exact) mass is 150 g/mol. The molecule has 0 N–H and O–H groups in total.